The molecule has 16 aromatic rings. The fraction of sp³-hybridized carbons (Fsp3) is 0.640. The van der Waals surface area contributed by atoms with Crippen molar-refractivity contribution in [2.24, 2.45) is 0 Å². The highest BCUT2D eigenvalue weighted by molar-refractivity contribution is 7.05. The summed E-state index contributed by atoms with van der Waals surface area (Å²) >= 11 is 4.61. The van der Waals surface area contributed by atoms with Crippen molar-refractivity contribution in [1.82, 2.24) is 181 Å². The number of tetrazole rings is 3. The molecule has 0 bridgehead atoms. The number of aromatic amines is 5. The van der Waals surface area contributed by atoms with Gasteiger partial charge in [0.15, 0.2) is 11.6 Å². The predicted octanol–water partition coefficient (Wildman–Crippen LogP) is 23.4. The van der Waals surface area contributed by atoms with E-state index in [1.165, 1.54) is 51.2 Å². The number of aromatic nitrogens is 36. The van der Waals surface area contributed by atoms with Crippen LogP contribution < -0.4 is 0 Å². The Morgan fingerprint density at radius 3 is 1.15 bits per heavy atom. The SMILES string of the molecule is CC(C)(C)c1ccn[nH]1.CC(C)(C)c1ccno1.CC(C)(C)c1ccns1.CC(C)(C)c1ccon1.CC(C)(C)c1ccsn1.CC(C)(C)c1cn[nH]n1.CC(C)(C)c1cnoc1.CC(C)(C)c1cnon1.CC(C)(C)c1cnsc1.CC(C)(C)c1ncn[nH]1.CC(C)(C)c1nn[nH]n1.CC(C)(C)c1nn[nH]n1.CC(C)(C)c1nnon1.CC(C)(C)n1cccn1.CC(C)(C)n1cnnc1.CC(C)(C)n1cnnn1. The van der Waals surface area contributed by atoms with Crippen molar-refractivity contribution in [3.8, 4) is 0 Å². The molecule has 44 heteroatoms. The monoisotopic (exact) mass is 2050 g/mol. The van der Waals surface area contributed by atoms with Crippen molar-refractivity contribution >= 4 is 34.6 Å². The number of rotatable bonds is 0. The molecule has 41 nitrogen and oxygen atoms in total. The van der Waals surface area contributed by atoms with Crippen LogP contribution in [0.2, 0.25) is 0 Å². The van der Waals surface area contributed by atoms with Gasteiger partial charge >= 0.3 is 0 Å². The molecule has 0 aliphatic carbocycles. The summed E-state index contributed by atoms with van der Waals surface area (Å²) in [4.78, 5) is 5.37. The summed E-state index contributed by atoms with van der Waals surface area (Å²) in [5.41, 5.74) is 9.56. The average Bonchev–Trinajstić information content (AvgIpc) is 1.86. The second kappa shape index (κ2) is 57.5. The third kappa shape index (κ3) is 56.2. The average molecular weight is 2050 g/mol. The lowest BCUT2D eigenvalue weighted by atomic mass is 9.90. The number of hydrogen-bond donors (Lipinski definition) is 5. The Balaban J connectivity index is 0.000000768. The fourth-order valence-electron chi connectivity index (χ4n) is 8.91. The van der Waals surface area contributed by atoms with Crippen LogP contribution in [-0.4, -0.2) is 181 Å². The Morgan fingerprint density at radius 2 is 0.938 bits per heavy atom. The molecule has 0 aliphatic heterocycles. The largest absolute Gasteiger partial charge is 0.364 e. The van der Waals surface area contributed by atoms with E-state index in [4.69, 9.17) is 13.6 Å². The Labute approximate surface area is 867 Å². The van der Waals surface area contributed by atoms with Gasteiger partial charge in [0.25, 0.3) is 0 Å². The Morgan fingerprint density at radius 1 is 0.368 bits per heavy atom. The van der Waals surface area contributed by atoms with Crippen LogP contribution >= 0.6 is 34.6 Å². The zero-order valence-corrected chi connectivity index (χ0v) is 97.9. The van der Waals surface area contributed by atoms with Crippen LogP contribution in [-0.2, 0) is 87.0 Å². The van der Waals surface area contributed by atoms with E-state index in [0.717, 1.165) is 45.9 Å². The minimum Gasteiger partial charge on any atom is -0.364 e. The predicted molar refractivity (Wildman–Crippen MR) is 570 cm³/mol. The minimum absolute atomic E-state index is 0.00347. The van der Waals surface area contributed by atoms with Gasteiger partial charge in [-0.05, 0) is 159 Å². The lowest BCUT2D eigenvalue weighted by Gasteiger charge is -2.18. The molecule has 16 aromatic heterocycles. The highest BCUT2D eigenvalue weighted by atomic mass is 32.1. The smallest absolute Gasteiger partial charge is 0.201 e. The van der Waals surface area contributed by atoms with Crippen molar-refractivity contribution in [3.63, 3.8) is 0 Å². The van der Waals surface area contributed by atoms with E-state index < -0.39 is 0 Å². The van der Waals surface area contributed by atoms with E-state index in [-0.39, 0.29) is 87.0 Å². The van der Waals surface area contributed by atoms with E-state index in [2.05, 4.69) is 443 Å². The second-order valence-electron chi connectivity index (χ2n) is 49.3. The third-order valence-corrected chi connectivity index (χ3v) is 20.9. The molecular weight excluding hydrogens is 1880 g/mol. The van der Waals surface area contributed by atoms with Crippen molar-refractivity contribution in [2.45, 2.75) is 419 Å². The summed E-state index contributed by atoms with van der Waals surface area (Å²) < 4.78 is 41.0. The first-order valence-corrected chi connectivity index (χ1v) is 49.8. The van der Waals surface area contributed by atoms with Gasteiger partial charge < -0.3 is 18.1 Å². The van der Waals surface area contributed by atoms with E-state index in [9.17, 15) is 0 Å². The molecule has 800 valence electrons. The summed E-state index contributed by atoms with van der Waals surface area (Å²) in [5, 5.41) is 106. The number of nitrogens with zero attached hydrogens (tertiary/aromatic N) is 31. The molecule has 0 aliphatic rings. The molecule has 5 N–H and O–H groups in total. The molecule has 0 fully saturated rings. The maximum Gasteiger partial charge on any atom is 0.201 e. The van der Waals surface area contributed by atoms with Crippen molar-refractivity contribution in [2.75, 3.05) is 0 Å². The maximum absolute atomic E-state index is 4.95. The van der Waals surface area contributed by atoms with E-state index in [0.29, 0.717) is 5.82 Å². The van der Waals surface area contributed by atoms with Crippen LogP contribution in [0, 0.1) is 0 Å². The van der Waals surface area contributed by atoms with Crippen molar-refractivity contribution in [3.05, 3.63) is 214 Å². The number of nitrogens with one attached hydrogen (secondary N) is 5. The first kappa shape index (κ1) is 130. The van der Waals surface area contributed by atoms with Gasteiger partial charge in [-0.25, -0.2) is 27.7 Å². The van der Waals surface area contributed by atoms with E-state index >= 15 is 0 Å². The van der Waals surface area contributed by atoms with E-state index in [1.54, 1.807) is 84.9 Å². The highest BCUT2D eigenvalue weighted by Crippen LogP contribution is 2.29. The Bertz CT molecular complexity index is 4180. The van der Waals surface area contributed by atoms with Gasteiger partial charge in [-0.1, -0.05) is 311 Å². The van der Waals surface area contributed by atoms with Gasteiger partial charge in [-0.3, -0.25) is 14.9 Å². The van der Waals surface area contributed by atoms with Crippen LogP contribution in [0.4, 0.5) is 0 Å². The molecule has 0 amide bonds. The van der Waals surface area contributed by atoms with Crippen LogP contribution in [0.25, 0.3) is 0 Å². The Hall–Kier alpha value is -12.2. The Kier molecular flexibility index (Phi) is 51.8. The molecule has 0 aromatic carbocycles. The second-order valence-corrected chi connectivity index (χ2v) is 51.4. The first-order chi connectivity index (χ1) is 65.7. The molecule has 144 heavy (non-hydrogen) atoms. The van der Waals surface area contributed by atoms with Gasteiger partial charge in [0.2, 0.25) is 5.82 Å². The zero-order chi connectivity index (χ0) is 110. The van der Waals surface area contributed by atoms with Gasteiger partial charge in [0.05, 0.1) is 58.2 Å². The topological polar surface area (TPSA) is 520 Å². The first-order valence-electron chi connectivity index (χ1n) is 47.3. The molecule has 16 heterocycles. The minimum atomic E-state index is -0.0556. The number of H-pyrrole nitrogens is 5. The molecule has 0 radical (unpaired) electrons. The van der Waals surface area contributed by atoms with Crippen molar-refractivity contribution < 1.29 is 22.8 Å². The normalized spacial score (nSPS) is 11.9. The summed E-state index contributed by atoms with van der Waals surface area (Å²) in [5.74, 6) is 4.01. The van der Waals surface area contributed by atoms with Crippen LogP contribution in [0.3, 0.4) is 0 Å². The van der Waals surface area contributed by atoms with E-state index in [1.807, 2.05) is 141 Å². The summed E-state index contributed by atoms with van der Waals surface area (Å²) in [6, 6.07) is 11.9. The third-order valence-electron chi connectivity index (χ3n) is 18.5. The van der Waals surface area contributed by atoms with Crippen molar-refractivity contribution in [1.29, 1.82) is 0 Å². The lowest BCUT2D eigenvalue weighted by Crippen LogP contribution is -2.22. The quantitative estimate of drug-likeness (QED) is 0.0941. The lowest BCUT2D eigenvalue weighted by molar-refractivity contribution is 0.287. The summed E-state index contributed by atoms with van der Waals surface area (Å²) in [7, 11) is 0. The highest BCUT2D eigenvalue weighted by Gasteiger charge is 2.26. The van der Waals surface area contributed by atoms with Crippen LogP contribution in [0.5, 0.6) is 0 Å². The molecule has 16 rings (SSSR count). The standard InChI is InChI=1S/2C7H12N2.3C7H11NO.3C7H11NS.3C6H11N3.C6H10N2O.3C5H10N4.C5H9N3O/c1-7(2,3)9-6-4-5-8-9;1-7(2,3)6-4-5-8-9-6;1-7(2,3)6-4-8-9-5-6;1-7(2,3)6-4-5-9-8-6;1-7(2,3)6-4-5-8-9-6;1-7(2,3)6-4-8-9-5-6;1-7(2,3)6-4-5-9-8-6;1-7(2,3)6-4-5-8-9-6;1-6(2,3)9-4-7-8-5-9;1-6(2,3)5-7-4-8-9-5;2*1-6(2,3)5-4-7-9-8-5;1-5(2,3)9-4-6-7-8-9;3*1-5(2,3)4-6-8-9-7-4/h4-6H,1-3H3;4-5H,1-3H3,(H,8,9);7*4-5H,1-3H3;2*4H,1-3H3,(H,7,8,9);2*4H,1-3H3;2*1-3H3,(H,6,7,8,9);1-3H3. The zero-order valence-electron chi connectivity index (χ0n) is 95.4. The molecular formula is C100H172N36O5S3. The van der Waals surface area contributed by atoms with Crippen LogP contribution in [0.15, 0.2) is 164 Å². The fourth-order valence-corrected chi connectivity index (χ4v) is 11.0. The molecule has 0 atom stereocenters. The summed E-state index contributed by atoms with van der Waals surface area (Å²) in [6.45, 7) is 101. The molecule has 0 spiro atoms. The number of hydrogen-bond acceptors (Lipinski definition) is 36. The van der Waals surface area contributed by atoms with Gasteiger partial charge in [0.1, 0.15) is 55.1 Å². The van der Waals surface area contributed by atoms with Crippen LogP contribution in [0.1, 0.15) is 406 Å². The summed E-state index contributed by atoms with van der Waals surface area (Å²) in [6.07, 6.45) is 26.0. The molecule has 0 saturated carbocycles. The maximum atomic E-state index is 4.95. The van der Waals surface area contributed by atoms with Gasteiger partial charge in [0, 0.05) is 130 Å². The van der Waals surface area contributed by atoms with Gasteiger partial charge in [-0.2, -0.15) is 45.5 Å². The molecule has 0 unspecified atom stereocenters. The molecule has 0 saturated heterocycles. The van der Waals surface area contributed by atoms with Gasteiger partial charge in [-0.15, -0.1) is 35.7 Å².